The summed E-state index contributed by atoms with van der Waals surface area (Å²) in [6.45, 7) is 5.06. The zero-order chi connectivity index (χ0) is 11.4. The first-order valence-electron chi connectivity index (χ1n) is 5.43. The van der Waals surface area contributed by atoms with Gasteiger partial charge in [0.1, 0.15) is 5.01 Å². The Morgan fingerprint density at radius 3 is 3.00 bits per heavy atom. The number of nitrogens with zero attached hydrogens (tertiary/aromatic N) is 2. The van der Waals surface area contributed by atoms with E-state index in [4.69, 9.17) is 0 Å². The zero-order valence-corrected chi connectivity index (χ0v) is 10.3. The van der Waals surface area contributed by atoms with Crippen molar-refractivity contribution >= 4 is 11.3 Å². The molecule has 0 saturated carbocycles. The van der Waals surface area contributed by atoms with Crippen molar-refractivity contribution in [2.45, 2.75) is 32.9 Å². The first-order valence-corrected chi connectivity index (χ1v) is 6.25. The van der Waals surface area contributed by atoms with Gasteiger partial charge in [0.15, 0.2) is 0 Å². The number of aryl methyl sites for hydroxylation is 1. The fourth-order valence-electron chi connectivity index (χ4n) is 1.56. The average Bonchev–Trinajstić information content (AvgIpc) is 2.91. The molecule has 0 aliphatic heterocycles. The lowest BCUT2D eigenvalue weighted by molar-refractivity contribution is 0.511. The van der Waals surface area contributed by atoms with Crippen molar-refractivity contribution in [2.24, 2.45) is 0 Å². The smallest absolute Gasteiger partial charge is 0.110 e. The van der Waals surface area contributed by atoms with Gasteiger partial charge in [-0.25, -0.2) is 4.98 Å². The minimum absolute atomic E-state index is 0.335. The van der Waals surface area contributed by atoms with E-state index in [0.29, 0.717) is 6.04 Å². The van der Waals surface area contributed by atoms with Crippen LogP contribution in [0.5, 0.6) is 0 Å². The van der Waals surface area contributed by atoms with Crippen molar-refractivity contribution in [3.8, 4) is 0 Å². The summed E-state index contributed by atoms with van der Waals surface area (Å²) in [6.07, 6.45) is 4.74. The topological polar surface area (TPSA) is 53.6 Å². The Balaban J connectivity index is 1.96. The molecule has 0 bridgehead atoms. The third-order valence-corrected chi connectivity index (χ3v) is 3.47. The minimum Gasteiger partial charge on any atom is -0.302 e. The molecule has 0 aliphatic rings. The second-order valence-electron chi connectivity index (χ2n) is 3.73. The molecule has 0 fully saturated rings. The first kappa shape index (κ1) is 11.3. The maximum absolute atomic E-state index is 4.42. The SMILES string of the molecule is CCC(NCc1ccn[nH]1)c1ncc(C)s1. The summed E-state index contributed by atoms with van der Waals surface area (Å²) in [5.41, 5.74) is 1.10. The molecule has 2 aromatic rings. The van der Waals surface area contributed by atoms with Crippen LogP contribution >= 0.6 is 11.3 Å². The van der Waals surface area contributed by atoms with Gasteiger partial charge in [-0.3, -0.25) is 5.10 Å². The van der Waals surface area contributed by atoms with Gasteiger partial charge in [-0.15, -0.1) is 11.3 Å². The van der Waals surface area contributed by atoms with Crippen LogP contribution < -0.4 is 5.32 Å². The molecule has 2 heterocycles. The van der Waals surface area contributed by atoms with E-state index in [1.54, 1.807) is 17.5 Å². The van der Waals surface area contributed by atoms with E-state index in [2.05, 4.69) is 34.3 Å². The summed E-state index contributed by atoms with van der Waals surface area (Å²) in [7, 11) is 0. The van der Waals surface area contributed by atoms with Crippen LogP contribution in [0.1, 0.15) is 35.0 Å². The van der Waals surface area contributed by atoms with Gasteiger partial charge in [0.2, 0.25) is 0 Å². The monoisotopic (exact) mass is 236 g/mol. The molecule has 4 nitrogen and oxygen atoms in total. The van der Waals surface area contributed by atoms with E-state index in [9.17, 15) is 0 Å². The third kappa shape index (κ3) is 2.68. The summed E-state index contributed by atoms with van der Waals surface area (Å²) < 4.78 is 0. The van der Waals surface area contributed by atoms with Crippen molar-refractivity contribution in [1.29, 1.82) is 0 Å². The number of rotatable bonds is 5. The molecule has 2 rings (SSSR count). The Hall–Kier alpha value is -1.20. The second kappa shape index (κ2) is 5.23. The molecule has 1 unspecified atom stereocenters. The quantitative estimate of drug-likeness (QED) is 0.838. The third-order valence-electron chi connectivity index (χ3n) is 2.44. The van der Waals surface area contributed by atoms with Gasteiger partial charge in [0, 0.05) is 29.5 Å². The molecule has 0 aromatic carbocycles. The number of H-pyrrole nitrogens is 1. The van der Waals surface area contributed by atoms with Gasteiger partial charge in [-0.05, 0) is 19.4 Å². The normalized spacial score (nSPS) is 12.9. The Morgan fingerprint density at radius 1 is 1.56 bits per heavy atom. The molecular formula is C11H16N4S. The molecule has 5 heteroatoms. The second-order valence-corrected chi connectivity index (χ2v) is 5.00. The number of aromatic amines is 1. The lowest BCUT2D eigenvalue weighted by atomic mass is 10.2. The zero-order valence-electron chi connectivity index (χ0n) is 9.53. The molecule has 16 heavy (non-hydrogen) atoms. The Morgan fingerprint density at radius 2 is 2.44 bits per heavy atom. The summed E-state index contributed by atoms with van der Waals surface area (Å²) in [4.78, 5) is 5.68. The van der Waals surface area contributed by atoms with Crippen molar-refractivity contribution in [3.05, 3.63) is 34.0 Å². The van der Waals surface area contributed by atoms with Gasteiger partial charge < -0.3 is 5.32 Å². The van der Waals surface area contributed by atoms with E-state index < -0.39 is 0 Å². The van der Waals surface area contributed by atoms with Gasteiger partial charge in [0.25, 0.3) is 0 Å². The van der Waals surface area contributed by atoms with Crippen LogP contribution in [0.15, 0.2) is 18.5 Å². The van der Waals surface area contributed by atoms with Gasteiger partial charge >= 0.3 is 0 Å². The lowest BCUT2D eigenvalue weighted by Crippen LogP contribution is -2.20. The van der Waals surface area contributed by atoms with Crippen LogP contribution in [0, 0.1) is 6.92 Å². The highest BCUT2D eigenvalue weighted by Crippen LogP contribution is 2.22. The Kier molecular flexibility index (Phi) is 3.69. The van der Waals surface area contributed by atoms with Crippen LogP contribution in [0.3, 0.4) is 0 Å². The number of hydrogen-bond donors (Lipinski definition) is 2. The average molecular weight is 236 g/mol. The Bertz CT molecular complexity index is 421. The molecule has 86 valence electrons. The Labute approximate surface area is 99.1 Å². The van der Waals surface area contributed by atoms with Crippen LogP contribution in [0.25, 0.3) is 0 Å². The minimum atomic E-state index is 0.335. The standard InChI is InChI=1S/C11H16N4S/c1-3-10(11-13-6-8(2)16-11)12-7-9-4-5-14-15-9/h4-6,10,12H,3,7H2,1-2H3,(H,14,15). The number of thiazole rings is 1. The number of hydrogen-bond acceptors (Lipinski definition) is 4. The molecule has 0 amide bonds. The molecule has 0 spiro atoms. The molecule has 2 N–H and O–H groups in total. The fraction of sp³-hybridized carbons (Fsp3) is 0.455. The van der Waals surface area contributed by atoms with Gasteiger partial charge in [0.05, 0.1) is 6.04 Å². The maximum atomic E-state index is 4.42. The molecule has 0 saturated heterocycles. The molecule has 0 aliphatic carbocycles. The highest BCUT2D eigenvalue weighted by Gasteiger charge is 2.12. The highest BCUT2D eigenvalue weighted by atomic mass is 32.1. The molecule has 1 atom stereocenters. The first-order chi connectivity index (χ1) is 7.79. The van der Waals surface area contributed by atoms with Crippen LogP contribution in [-0.2, 0) is 6.54 Å². The van der Waals surface area contributed by atoms with E-state index in [0.717, 1.165) is 18.7 Å². The van der Waals surface area contributed by atoms with Crippen molar-refractivity contribution in [3.63, 3.8) is 0 Å². The highest BCUT2D eigenvalue weighted by molar-refractivity contribution is 7.11. The summed E-state index contributed by atoms with van der Waals surface area (Å²) >= 11 is 1.76. The summed E-state index contributed by atoms with van der Waals surface area (Å²) in [6, 6.07) is 2.31. The van der Waals surface area contributed by atoms with Gasteiger partial charge in [-0.1, -0.05) is 6.92 Å². The lowest BCUT2D eigenvalue weighted by Gasteiger charge is -2.13. The van der Waals surface area contributed by atoms with E-state index in [1.807, 2.05) is 12.3 Å². The fourth-order valence-corrected chi connectivity index (χ4v) is 2.49. The number of aromatic nitrogens is 3. The molecule has 2 aromatic heterocycles. The predicted molar refractivity (Wildman–Crippen MR) is 65.3 cm³/mol. The largest absolute Gasteiger partial charge is 0.302 e. The van der Waals surface area contributed by atoms with Crippen molar-refractivity contribution in [2.75, 3.05) is 0 Å². The molecule has 0 radical (unpaired) electrons. The van der Waals surface area contributed by atoms with Crippen LogP contribution in [0.4, 0.5) is 0 Å². The van der Waals surface area contributed by atoms with E-state index in [-0.39, 0.29) is 0 Å². The van der Waals surface area contributed by atoms with Crippen LogP contribution in [-0.4, -0.2) is 15.2 Å². The van der Waals surface area contributed by atoms with Crippen LogP contribution in [0.2, 0.25) is 0 Å². The predicted octanol–water partition coefficient (Wildman–Crippen LogP) is 2.42. The van der Waals surface area contributed by atoms with E-state index in [1.165, 1.54) is 9.88 Å². The van der Waals surface area contributed by atoms with Gasteiger partial charge in [-0.2, -0.15) is 5.10 Å². The molecular weight excluding hydrogens is 220 g/mol. The number of nitrogens with one attached hydrogen (secondary N) is 2. The van der Waals surface area contributed by atoms with E-state index >= 15 is 0 Å². The summed E-state index contributed by atoms with van der Waals surface area (Å²) in [5, 5.41) is 11.5. The summed E-state index contributed by atoms with van der Waals surface area (Å²) in [5.74, 6) is 0. The van der Waals surface area contributed by atoms with Crippen molar-refractivity contribution < 1.29 is 0 Å². The maximum Gasteiger partial charge on any atom is 0.110 e. The van der Waals surface area contributed by atoms with Crippen molar-refractivity contribution in [1.82, 2.24) is 20.5 Å².